The van der Waals surface area contributed by atoms with Crippen LogP contribution < -0.4 is 0 Å². The molecule has 1 aromatic heterocycles. The van der Waals surface area contributed by atoms with Gasteiger partial charge in [0, 0.05) is 11.1 Å². The topological polar surface area (TPSA) is 66.0 Å². The van der Waals surface area contributed by atoms with E-state index in [0.29, 0.717) is 11.5 Å². The van der Waals surface area contributed by atoms with Crippen LogP contribution in [0.5, 0.6) is 0 Å². The molecule has 0 bridgehead atoms. The van der Waals surface area contributed by atoms with Crippen molar-refractivity contribution in [1.29, 1.82) is 0 Å². The van der Waals surface area contributed by atoms with E-state index >= 15 is 0 Å². The Morgan fingerprint density at radius 3 is 2.46 bits per heavy atom. The average Bonchev–Trinajstić information content (AvgIpc) is 3.04. The fourth-order valence-electron chi connectivity index (χ4n) is 2.79. The van der Waals surface area contributed by atoms with Gasteiger partial charge in [0.2, 0.25) is 0 Å². The summed E-state index contributed by atoms with van der Waals surface area (Å²) in [7, 11) is 0. The van der Waals surface area contributed by atoms with Gasteiger partial charge < -0.3 is 10.1 Å². The number of hydrogen-bond acceptors (Lipinski definition) is 2. The maximum absolute atomic E-state index is 11.3. The van der Waals surface area contributed by atoms with Gasteiger partial charge in [-0.05, 0) is 30.0 Å². The van der Waals surface area contributed by atoms with E-state index in [2.05, 4.69) is 48.1 Å². The Bertz CT molecular complexity index is 877. The van der Waals surface area contributed by atoms with Crippen LogP contribution in [0, 0.1) is 6.92 Å². The van der Waals surface area contributed by atoms with Crippen LogP contribution in [-0.4, -0.2) is 21.0 Å². The Morgan fingerprint density at radius 2 is 1.83 bits per heavy atom. The molecule has 0 radical (unpaired) electrons. The first-order valence-electron chi connectivity index (χ1n) is 7.96. The van der Waals surface area contributed by atoms with Crippen LogP contribution in [0.15, 0.2) is 48.7 Å². The Balaban J connectivity index is 1.97. The van der Waals surface area contributed by atoms with E-state index in [-0.39, 0.29) is 0 Å². The number of rotatable bonds is 4. The van der Waals surface area contributed by atoms with E-state index in [0.717, 1.165) is 28.2 Å². The number of carboxylic acid groups (broad SMARTS) is 1. The molecule has 2 N–H and O–H groups in total. The fourth-order valence-corrected chi connectivity index (χ4v) is 2.79. The summed E-state index contributed by atoms with van der Waals surface area (Å²) in [5.41, 5.74) is 5.01. The molecule has 4 heteroatoms. The van der Waals surface area contributed by atoms with Gasteiger partial charge in [0.1, 0.15) is 5.82 Å². The molecule has 0 aliphatic carbocycles. The summed E-state index contributed by atoms with van der Waals surface area (Å²) in [5, 5.41) is 9.27. The molecule has 3 rings (SSSR count). The first-order valence-corrected chi connectivity index (χ1v) is 7.96. The molecule has 1 heterocycles. The van der Waals surface area contributed by atoms with Gasteiger partial charge in [0.15, 0.2) is 0 Å². The second-order valence-electron chi connectivity index (χ2n) is 6.21. The van der Waals surface area contributed by atoms with E-state index in [1.54, 1.807) is 18.3 Å². The number of H-pyrrole nitrogens is 1. The molecule has 122 valence electrons. The number of aromatic nitrogens is 2. The monoisotopic (exact) mass is 320 g/mol. The summed E-state index contributed by atoms with van der Waals surface area (Å²) >= 11 is 0. The van der Waals surface area contributed by atoms with Crippen molar-refractivity contribution in [3.05, 3.63) is 65.4 Å². The number of aromatic amines is 1. The van der Waals surface area contributed by atoms with Crippen LogP contribution >= 0.6 is 0 Å². The predicted octanol–water partition coefficient (Wildman–Crippen LogP) is 4.87. The number of carboxylic acids is 1. The lowest BCUT2D eigenvalue weighted by atomic mass is 10.0. The molecule has 0 spiro atoms. The molecule has 0 fully saturated rings. The smallest absolute Gasteiger partial charge is 0.335 e. The van der Waals surface area contributed by atoms with Gasteiger partial charge in [0.25, 0.3) is 0 Å². The zero-order chi connectivity index (χ0) is 17.3. The first-order chi connectivity index (χ1) is 11.5. The summed E-state index contributed by atoms with van der Waals surface area (Å²) < 4.78 is 0. The van der Waals surface area contributed by atoms with E-state index in [1.807, 2.05) is 13.0 Å². The Hall–Kier alpha value is -2.88. The standard InChI is InChI=1S/C20H20N2O2/c1-12(2)14-7-9-15(10-8-14)19-21-11-18(22-19)16-5-4-6-17(13(16)3)20(23)24/h4-12H,1-3H3,(H,21,22)(H,23,24). The Kier molecular flexibility index (Phi) is 4.21. The number of aromatic carboxylic acids is 1. The van der Waals surface area contributed by atoms with Crippen LogP contribution in [-0.2, 0) is 0 Å². The molecular weight excluding hydrogens is 300 g/mol. The molecule has 2 aromatic carbocycles. The van der Waals surface area contributed by atoms with Crippen LogP contribution in [0.25, 0.3) is 22.6 Å². The lowest BCUT2D eigenvalue weighted by molar-refractivity contribution is 0.0696. The maximum Gasteiger partial charge on any atom is 0.335 e. The van der Waals surface area contributed by atoms with Crippen LogP contribution in [0.2, 0.25) is 0 Å². The highest BCUT2D eigenvalue weighted by molar-refractivity contribution is 5.91. The molecule has 4 nitrogen and oxygen atoms in total. The highest BCUT2D eigenvalue weighted by atomic mass is 16.4. The van der Waals surface area contributed by atoms with E-state index in [1.165, 1.54) is 5.56 Å². The van der Waals surface area contributed by atoms with Gasteiger partial charge in [-0.15, -0.1) is 0 Å². The third-order valence-electron chi connectivity index (χ3n) is 4.28. The van der Waals surface area contributed by atoms with Gasteiger partial charge in [0.05, 0.1) is 17.5 Å². The summed E-state index contributed by atoms with van der Waals surface area (Å²) in [6, 6.07) is 13.6. The zero-order valence-corrected chi connectivity index (χ0v) is 14.0. The second kappa shape index (κ2) is 6.32. The Labute approximate surface area is 141 Å². The molecule has 0 unspecified atom stereocenters. The van der Waals surface area contributed by atoms with Crippen LogP contribution in [0.3, 0.4) is 0 Å². The number of nitrogens with zero attached hydrogens (tertiary/aromatic N) is 1. The molecular formula is C20H20N2O2. The minimum absolute atomic E-state index is 0.310. The summed E-state index contributed by atoms with van der Waals surface area (Å²) in [6.07, 6.45) is 1.75. The predicted molar refractivity (Wildman–Crippen MR) is 95.2 cm³/mol. The van der Waals surface area contributed by atoms with Crippen molar-refractivity contribution in [2.45, 2.75) is 26.7 Å². The number of nitrogens with one attached hydrogen (secondary N) is 1. The van der Waals surface area contributed by atoms with Gasteiger partial charge in [-0.3, -0.25) is 0 Å². The fraction of sp³-hybridized carbons (Fsp3) is 0.200. The average molecular weight is 320 g/mol. The van der Waals surface area contributed by atoms with Gasteiger partial charge in [-0.2, -0.15) is 0 Å². The summed E-state index contributed by atoms with van der Waals surface area (Å²) in [6.45, 7) is 6.15. The van der Waals surface area contributed by atoms with E-state index in [9.17, 15) is 9.90 Å². The molecule has 0 amide bonds. The molecule has 0 aliphatic rings. The van der Waals surface area contributed by atoms with Crippen molar-refractivity contribution < 1.29 is 9.90 Å². The van der Waals surface area contributed by atoms with Crippen molar-refractivity contribution >= 4 is 5.97 Å². The summed E-state index contributed by atoms with van der Waals surface area (Å²) in [4.78, 5) is 19.0. The SMILES string of the molecule is Cc1c(C(=O)O)cccc1-c1cnc(-c2ccc(C(C)C)cc2)[nH]1. The van der Waals surface area contributed by atoms with Gasteiger partial charge in [-0.25, -0.2) is 9.78 Å². The normalized spacial score (nSPS) is 11.0. The second-order valence-corrected chi connectivity index (χ2v) is 6.21. The van der Waals surface area contributed by atoms with Crippen molar-refractivity contribution in [2.24, 2.45) is 0 Å². The Morgan fingerprint density at radius 1 is 1.12 bits per heavy atom. The van der Waals surface area contributed by atoms with Crippen molar-refractivity contribution in [3.8, 4) is 22.6 Å². The lowest BCUT2D eigenvalue weighted by Crippen LogP contribution is -2.00. The molecule has 0 aliphatic heterocycles. The van der Waals surface area contributed by atoms with Crippen molar-refractivity contribution in [2.75, 3.05) is 0 Å². The third kappa shape index (κ3) is 2.95. The molecule has 0 saturated carbocycles. The minimum Gasteiger partial charge on any atom is -0.478 e. The highest BCUT2D eigenvalue weighted by Crippen LogP contribution is 2.27. The highest BCUT2D eigenvalue weighted by Gasteiger charge is 2.13. The molecule has 3 aromatic rings. The molecule has 0 atom stereocenters. The van der Waals surface area contributed by atoms with E-state index < -0.39 is 5.97 Å². The van der Waals surface area contributed by atoms with Gasteiger partial charge in [-0.1, -0.05) is 50.2 Å². The van der Waals surface area contributed by atoms with E-state index in [4.69, 9.17) is 0 Å². The number of benzene rings is 2. The maximum atomic E-state index is 11.3. The van der Waals surface area contributed by atoms with Gasteiger partial charge >= 0.3 is 5.97 Å². The number of carbonyl (C=O) groups is 1. The summed E-state index contributed by atoms with van der Waals surface area (Å²) in [5.74, 6) is 0.353. The van der Waals surface area contributed by atoms with Crippen molar-refractivity contribution in [1.82, 2.24) is 9.97 Å². The zero-order valence-electron chi connectivity index (χ0n) is 14.0. The lowest BCUT2D eigenvalue weighted by Gasteiger charge is -2.07. The quantitative estimate of drug-likeness (QED) is 0.720. The molecule has 0 saturated heterocycles. The minimum atomic E-state index is -0.918. The third-order valence-corrected chi connectivity index (χ3v) is 4.28. The molecule has 24 heavy (non-hydrogen) atoms. The van der Waals surface area contributed by atoms with Crippen LogP contribution in [0.4, 0.5) is 0 Å². The first kappa shape index (κ1) is 16.0. The van der Waals surface area contributed by atoms with Crippen molar-refractivity contribution in [3.63, 3.8) is 0 Å². The van der Waals surface area contributed by atoms with Crippen LogP contribution in [0.1, 0.15) is 41.3 Å². The largest absolute Gasteiger partial charge is 0.478 e. The number of imidazole rings is 1. The number of hydrogen-bond donors (Lipinski definition) is 2.